The molecule has 2 aliphatic rings. The van der Waals surface area contributed by atoms with Crippen LogP contribution in [0, 0.1) is 11.8 Å². The van der Waals surface area contributed by atoms with Gasteiger partial charge >= 0.3 is 6.18 Å². The van der Waals surface area contributed by atoms with Gasteiger partial charge in [-0.1, -0.05) is 0 Å². The number of alkyl halides is 3. The molecule has 1 aliphatic carbocycles. The van der Waals surface area contributed by atoms with Gasteiger partial charge in [-0.2, -0.15) is 13.2 Å². The fourth-order valence-corrected chi connectivity index (χ4v) is 2.98. The van der Waals surface area contributed by atoms with E-state index in [2.05, 4.69) is 10.3 Å². The van der Waals surface area contributed by atoms with Crippen LogP contribution in [0.25, 0.3) is 0 Å². The Morgan fingerprint density at radius 2 is 1.90 bits per heavy atom. The van der Waals surface area contributed by atoms with Crippen LogP contribution in [0.15, 0.2) is 4.99 Å². The van der Waals surface area contributed by atoms with Crippen LogP contribution in [0.3, 0.4) is 0 Å². The van der Waals surface area contributed by atoms with Crippen LogP contribution in [0.4, 0.5) is 13.2 Å². The minimum absolute atomic E-state index is 0.195. The number of rotatable bonds is 4. The highest BCUT2D eigenvalue weighted by Gasteiger charge is 2.41. The monoisotopic (exact) mass is 307 g/mol. The first-order valence-corrected chi connectivity index (χ1v) is 7.67. The Bertz CT molecular complexity index is 346. The number of ether oxygens (including phenoxy) is 1. The van der Waals surface area contributed by atoms with E-state index in [-0.39, 0.29) is 24.9 Å². The molecule has 1 saturated heterocycles. The fourth-order valence-electron chi connectivity index (χ4n) is 2.98. The number of halogens is 3. The first kappa shape index (κ1) is 16.4. The number of hydrogen-bond acceptors (Lipinski definition) is 2. The Kier molecular flexibility index (Phi) is 5.72. The van der Waals surface area contributed by atoms with Crippen LogP contribution in [-0.2, 0) is 4.74 Å². The van der Waals surface area contributed by atoms with Gasteiger partial charge in [-0.05, 0) is 44.4 Å². The highest BCUT2D eigenvalue weighted by atomic mass is 19.4. The summed E-state index contributed by atoms with van der Waals surface area (Å²) in [6, 6.07) is 0. The first-order valence-electron chi connectivity index (χ1n) is 7.67. The van der Waals surface area contributed by atoms with E-state index >= 15 is 0 Å². The van der Waals surface area contributed by atoms with Crippen molar-refractivity contribution in [3.05, 3.63) is 0 Å². The number of nitrogens with two attached hydrogens (primary N) is 1. The molecule has 0 aromatic heterocycles. The third-order valence-corrected chi connectivity index (χ3v) is 4.36. The van der Waals surface area contributed by atoms with Gasteiger partial charge in [-0.15, -0.1) is 0 Å². The minimum atomic E-state index is -4.05. The second-order valence-corrected chi connectivity index (χ2v) is 6.00. The lowest BCUT2D eigenvalue weighted by Crippen LogP contribution is -2.37. The zero-order valence-corrected chi connectivity index (χ0v) is 12.2. The molecule has 2 fully saturated rings. The van der Waals surface area contributed by atoms with Crippen molar-refractivity contribution in [2.75, 3.05) is 19.7 Å². The molecule has 1 saturated carbocycles. The quantitative estimate of drug-likeness (QED) is 0.619. The van der Waals surface area contributed by atoms with Crippen LogP contribution >= 0.6 is 0 Å². The Labute approximate surface area is 123 Å². The molecular formula is C14H24F3N3O. The van der Waals surface area contributed by atoms with Gasteiger partial charge in [0.15, 0.2) is 5.96 Å². The maximum Gasteiger partial charge on any atom is 0.391 e. The van der Waals surface area contributed by atoms with Crippen molar-refractivity contribution in [2.45, 2.75) is 50.8 Å². The lowest BCUT2D eigenvalue weighted by atomic mass is 9.82. The Morgan fingerprint density at radius 1 is 1.19 bits per heavy atom. The highest BCUT2D eigenvalue weighted by Crippen LogP contribution is 2.39. The van der Waals surface area contributed by atoms with E-state index < -0.39 is 12.1 Å². The van der Waals surface area contributed by atoms with Crippen LogP contribution < -0.4 is 11.1 Å². The van der Waals surface area contributed by atoms with Crippen molar-refractivity contribution in [1.29, 1.82) is 0 Å². The molecular weight excluding hydrogens is 283 g/mol. The molecule has 122 valence electrons. The Balaban J connectivity index is 1.64. The minimum Gasteiger partial charge on any atom is -0.376 e. The number of hydrogen-bond donors (Lipinski definition) is 2. The van der Waals surface area contributed by atoms with Gasteiger partial charge in [-0.3, -0.25) is 4.99 Å². The molecule has 0 bridgehead atoms. The molecule has 2 rings (SSSR count). The van der Waals surface area contributed by atoms with Gasteiger partial charge < -0.3 is 15.8 Å². The molecule has 0 radical (unpaired) electrons. The molecule has 3 N–H and O–H groups in total. The van der Waals surface area contributed by atoms with Crippen LogP contribution in [0.5, 0.6) is 0 Å². The average Bonchev–Trinajstić information content (AvgIpc) is 2.95. The first-order chi connectivity index (χ1) is 9.95. The summed E-state index contributed by atoms with van der Waals surface area (Å²) in [7, 11) is 0. The molecule has 1 aliphatic heterocycles. The molecule has 1 heterocycles. The van der Waals surface area contributed by atoms with E-state index in [4.69, 9.17) is 10.5 Å². The van der Waals surface area contributed by atoms with Crippen molar-refractivity contribution in [2.24, 2.45) is 22.6 Å². The lowest BCUT2D eigenvalue weighted by Gasteiger charge is -2.29. The second-order valence-electron chi connectivity index (χ2n) is 6.00. The standard InChI is InChI=1S/C14H24F3N3O/c15-14(16,17)11-5-3-10(4-6-11)8-19-13(18)20-9-12-2-1-7-21-12/h10-12H,1-9H2,(H3,18,19,20). The molecule has 0 spiro atoms. The average molecular weight is 307 g/mol. The third-order valence-electron chi connectivity index (χ3n) is 4.36. The maximum atomic E-state index is 12.6. The van der Waals surface area contributed by atoms with E-state index in [0.717, 1.165) is 19.4 Å². The fraction of sp³-hybridized carbons (Fsp3) is 0.929. The van der Waals surface area contributed by atoms with Gasteiger partial charge in [0.2, 0.25) is 0 Å². The van der Waals surface area contributed by atoms with E-state index in [1.165, 1.54) is 0 Å². The van der Waals surface area contributed by atoms with Crippen LogP contribution in [-0.4, -0.2) is 37.9 Å². The molecule has 0 aromatic carbocycles. The van der Waals surface area contributed by atoms with Gasteiger partial charge in [0, 0.05) is 19.7 Å². The van der Waals surface area contributed by atoms with E-state index in [1.807, 2.05) is 0 Å². The SMILES string of the molecule is NC(=NCC1CCC(C(F)(F)F)CC1)NCC1CCCO1. The molecule has 21 heavy (non-hydrogen) atoms. The van der Waals surface area contributed by atoms with Gasteiger partial charge in [0.25, 0.3) is 0 Å². The van der Waals surface area contributed by atoms with Crippen molar-refractivity contribution in [3.8, 4) is 0 Å². The molecule has 1 atom stereocenters. The zero-order chi connectivity index (χ0) is 15.3. The topological polar surface area (TPSA) is 59.6 Å². The number of aliphatic imine (C=N–C) groups is 1. The summed E-state index contributed by atoms with van der Waals surface area (Å²) >= 11 is 0. The normalized spacial score (nSPS) is 31.4. The predicted octanol–water partition coefficient (Wildman–Crippen LogP) is 2.44. The molecule has 7 heteroatoms. The second kappa shape index (κ2) is 7.33. The predicted molar refractivity (Wildman–Crippen MR) is 75.0 cm³/mol. The summed E-state index contributed by atoms with van der Waals surface area (Å²) in [5.41, 5.74) is 5.77. The molecule has 0 amide bonds. The summed E-state index contributed by atoms with van der Waals surface area (Å²) in [5.74, 6) is -0.553. The van der Waals surface area contributed by atoms with Crippen molar-refractivity contribution in [1.82, 2.24) is 5.32 Å². The number of guanidine groups is 1. The Hall–Kier alpha value is -0.980. The van der Waals surface area contributed by atoms with E-state index in [9.17, 15) is 13.2 Å². The number of nitrogens with zero attached hydrogens (tertiary/aromatic N) is 1. The largest absolute Gasteiger partial charge is 0.391 e. The van der Waals surface area contributed by atoms with Crippen LogP contribution in [0.2, 0.25) is 0 Å². The smallest absolute Gasteiger partial charge is 0.376 e. The molecule has 0 aromatic rings. The van der Waals surface area contributed by atoms with Gasteiger partial charge in [-0.25, -0.2) is 0 Å². The van der Waals surface area contributed by atoms with Crippen LogP contribution in [0.1, 0.15) is 38.5 Å². The van der Waals surface area contributed by atoms with Gasteiger partial charge in [0.05, 0.1) is 12.0 Å². The van der Waals surface area contributed by atoms with Gasteiger partial charge in [0.1, 0.15) is 0 Å². The number of nitrogens with one attached hydrogen (secondary N) is 1. The Morgan fingerprint density at radius 3 is 2.48 bits per heavy atom. The zero-order valence-electron chi connectivity index (χ0n) is 12.2. The summed E-state index contributed by atoms with van der Waals surface area (Å²) in [5, 5.41) is 3.02. The van der Waals surface area contributed by atoms with Crippen molar-refractivity contribution >= 4 is 5.96 Å². The molecule has 4 nitrogen and oxygen atoms in total. The summed E-state index contributed by atoms with van der Waals surface area (Å²) in [6.07, 6.45) is -0.163. The summed E-state index contributed by atoms with van der Waals surface area (Å²) in [4.78, 5) is 4.24. The van der Waals surface area contributed by atoms with E-state index in [0.29, 0.717) is 31.9 Å². The molecule has 1 unspecified atom stereocenters. The third kappa shape index (κ3) is 5.37. The highest BCUT2D eigenvalue weighted by molar-refractivity contribution is 5.77. The summed E-state index contributed by atoms with van der Waals surface area (Å²) < 4.78 is 43.1. The summed E-state index contributed by atoms with van der Waals surface area (Å²) in [6.45, 7) is 1.96. The van der Waals surface area contributed by atoms with Crippen molar-refractivity contribution in [3.63, 3.8) is 0 Å². The lowest BCUT2D eigenvalue weighted by molar-refractivity contribution is -0.183. The van der Waals surface area contributed by atoms with Crippen molar-refractivity contribution < 1.29 is 17.9 Å². The maximum absolute atomic E-state index is 12.6. The van der Waals surface area contributed by atoms with E-state index in [1.54, 1.807) is 0 Å².